The zero-order valence-electron chi connectivity index (χ0n) is 15.8. The lowest BCUT2D eigenvalue weighted by Crippen LogP contribution is -2.10. The van der Waals surface area contributed by atoms with Crippen LogP contribution in [0.4, 0.5) is 0 Å². The number of carboxylic acids is 2. The maximum atomic E-state index is 10.6. The zero-order chi connectivity index (χ0) is 19.0. The molecule has 0 saturated heterocycles. The van der Waals surface area contributed by atoms with Crippen LogP contribution in [0.3, 0.4) is 0 Å². The first kappa shape index (κ1) is 24.7. The van der Waals surface area contributed by atoms with E-state index in [2.05, 4.69) is 27.0 Å². The summed E-state index contributed by atoms with van der Waals surface area (Å²) in [5, 5.41) is 17.2. The lowest BCUT2D eigenvalue weighted by molar-refractivity contribution is -0.134. The maximum absolute atomic E-state index is 10.6. The minimum absolute atomic E-state index is 0.170. The Hall–Kier alpha value is -1.58. The predicted molar refractivity (Wildman–Crippen MR) is 100 cm³/mol. The predicted octanol–water partition coefficient (Wildman–Crippen LogP) is 5.83. The first-order chi connectivity index (χ1) is 11.3. The van der Waals surface area contributed by atoms with Crippen LogP contribution in [0.15, 0.2) is 24.3 Å². The Morgan fingerprint density at radius 3 is 1.79 bits per heavy atom. The van der Waals surface area contributed by atoms with Crippen molar-refractivity contribution in [1.29, 1.82) is 0 Å². The molecular formula is C20H36O4. The van der Waals surface area contributed by atoms with Gasteiger partial charge in [-0.15, -0.1) is 0 Å². The number of carbonyl (C=O) groups is 2. The molecule has 4 heteroatoms. The number of carboxylic acid groups (broad SMARTS) is 2. The van der Waals surface area contributed by atoms with E-state index >= 15 is 0 Å². The van der Waals surface area contributed by atoms with Crippen molar-refractivity contribution in [2.24, 2.45) is 5.92 Å². The van der Waals surface area contributed by atoms with Gasteiger partial charge in [-0.05, 0) is 31.6 Å². The van der Waals surface area contributed by atoms with Gasteiger partial charge in [0.05, 0.1) is 0 Å². The van der Waals surface area contributed by atoms with Gasteiger partial charge in [0.1, 0.15) is 0 Å². The maximum Gasteiger partial charge on any atom is 0.331 e. The molecule has 0 radical (unpaired) electrons. The van der Waals surface area contributed by atoms with Crippen molar-refractivity contribution in [2.45, 2.75) is 85.0 Å². The highest BCUT2D eigenvalue weighted by Crippen LogP contribution is 2.20. The van der Waals surface area contributed by atoms with Crippen molar-refractivity contribution in [2.75, 3.05) is 0 Å². The largest absolute Gasteiger partial charge is 0.478 e. The number of hydrogen-bond acceptors (Lipinski definition) is 2. The third-order valence-corrected chi connectivity index (χ3v) is 4.05. The van der Waals surface area contributed by atoms with Crippen LogP contribution >= 0.6 is 0 Å². The number of aliphatic carboxylic acids is 2. The average Bonchev–Trinajstić information content (AvgIpc) is 2.55. The van der Waals surface area contributed by atoms with Crippen molar-refractivity contribution in [3.05, 3.63) is 24.3 Å². The van der Waals surface area contributed by atoms with Crippen molar-refractivity contribution >= 4 is 11.9 Å². The van der Waals surface area contributed by atoms with Crippen LogP contribution in [0.5, 0.6) is 0 Å². The smallest absolute Gasteiger partial charge is 0.331 e. The Labute approximate surface area is 147 Å². The van der Waals surface area contributed by atoms with Crippen LogP contribution in [0.25, 0.3) is 0 Å². The number of rotatable bonds is 13. The fourth-order valence-corrected chi connectivity index (χ4v) is 2.31. The van der Waals surface area contributed by atoms with E-state index in [1.54, 1.807) is 0 Å². The van der Waals surface area contributed by atoms with Crippen molar-refractivity contribution in [3.63, 3.8) is 0 Å². The van der Waals surface area contributed by atoms with Gasteiger partial charge < -0.3 is 10.2 Å². The second-order valence-corrected chi connectivity index (χ2v) is 6.15. The van der Waals surface area contributed by atoms with Crippen LogP contribution in [0.1, 0.15) is 85.0 Å². The van der Waals surface area contributed by atoms with E-state index in [-0.39, 0.29) is 5.92 Å². The minimum atomic E-state index is -0.860. The SMILES string of the molecule is C=C(C(=O)O)C(CC)CCCCC.C=C(CCCCCC)C(=O)O. The van der Waals surface area contributed by atoms with Gasteiger partial charge in [0, 0.05) is 11.1 Å². The monoisotopic (exact) mass is 340 g/mol. The van der Waals surface area contributed by atoms with Gasteiger partial charge in [-0.2, -0.15) is 0 Å². The van der Waals surface area contributed by atoms with Crippen molar-refractivity contribution in [3.8, 4) is 0 Å². The lowest BCUT2D eigenvalue weighted by atomic mass is 9.92. The van der Waals surface area contributed by atoms with Crippen LogP contribution in [0, 0.1) is 5.92 Å². The summed E-state index contributed by atoms with van der Waals surface area (Å²) < 4.78 is 0. The highest BCUT2D eigenvalue weighted by atomic mass is 16.4. The van der Waals surface area contributed by atoms with Gasteiger partial charge >= 0.3 is 11.9 Å². The molecule has 0 aliphatic carbocycles. The molecule has 0 aromatic rings. The van der Waals surface area contributed by atoms with Crippen LogP contribution in [0.2, 0.25) is 0 Å². The molecule has 0 bridgehead atoms. The Bertz CT molecular complexity index is 385. The molecule has 0 aromatic heterocycles. The van der Waals surface area contributed by atoms with E-state index in [1.807, 2.05) is 6.92 Å². The molecule has 4 nitrogen and oxygen atoms in total. The Balaban J connectivity index is 0. The van der Waals surface area contributed by atoms with Gasteiger partial charge in [0.2, 0.25) is 0 Å². The first-order valence-electron chi connectivity index (χ1n) is 9.14. The summed E-state index contributed by atoms with van der Waals surface area (Å²) in [5.74, 6) is -1.53. The summed E-state index contributed by atoms with van der Waals surface area (Å²) in [6, 6.07) is 0. The zero-order valence-corrected chi connectivity index (χ0v) is 15.8. The van der Waals surface area contributed by atoms with Crippen LogP contribution in [-0.2, 0) is 9.59 Å². The van der Waals surface area contributed by atoms with E-state index in [0.717, 1.165) is 32.1 Å². The van der Waals surface area contributed by atoms with E-state index < -0.39 is 11.9 Å². The topological polar surface area (TPSA) is 74.6 Å². The summed E-state index contributed by atoms with van der Waals surface area (Å²) in [7, 11) is 0. The summed E-state index contributed by atoms with van der Waals surface area (Å²) in [5.41, 5.74) is 0.708. The van der Waals surface area contributed by atoms with E-state index in [1.165, 1.54) is 25.7 Å². The van der Waals surface area contributed by atoms with Gasteiger partial charge in [0.15, 0.2) is 0 Å². The second-order valence-electron chi connectivity index (χ2n) is 6.15. The van der Waals surface area contributed by atoms with Crippen molar-refractivity contribution in [1.82, 2.24) is 0 Å². The molecule has 0 heterocycles. The van der Waals surface area contributed by atoms with Gasteiger partial charge in [0.25, 0.3) is 0 Å². The molecule has 2 N–H and O–H groups in total. The van der Waals surface area contributed by atoms with Crippen molar-refractivity contribution < 1.29 is 19.8 Å². The highest BCUT2D eigenvalue weighted by molar-refractivity contribution is 5.86. The van der Waals surface area contributed by atoms with E-state index in [0.29, 0.717) is 17.6 Å². The Morgan fingerprint density at radius 2 is 1.38 bits per heavy atom. The number of unbranched alkanes of at least 4 members (excludes halogenated alkanes) is 5. The molecule has 24 heavy (non-hydrogen) atoms. The molecule has 0 aromatic carbocycles. The fraction of sp³-hybridized carbons (Fsp3) is 0.700. The highest BCUT2D eigenvalue weighted by Gasteiger charge is 2.15. The molecule has 0 amide bonds. The molecular weight excluding hydrogens is 304 g/mol. The molecule has 0 spiro atoms. The lowest BCUT2D eigenvalue weighted by Gasteiger charge is -2.13. The second kappa shape index (κ2) is 16.3. The summed E-state index contributed by atoms with van der Waals surface area (Å²) in [4.78, 5) is 20.9. The third-order valence-electron chi connectivity index (χ3n) is 4.05. The standard InChI is InChI=1S/C11H20O2.C9H16O2/c1-4-6-7-8-10(5-2)9(3)11(12)13;1-3-4-5-6-7-8(2)9(10)11/h10H,3-8H2,1-2H3,(H,12,13);2-7H2,1H3,(H,10,11). The average molecular weight is 341 g/mol. The molecule has 0 aliphatic heterocycles. The number of hydrogen-bond donors (Lipinski definition) is 2. The Morgan fingerprint density at radius 1 is 0.833 bits per heavy atom. The van der Waals surface area contributed by atoms with Gasteiger partial charge in [-0.1, -0.05) is 72.5 Å². The molecule has 1 atom stereocenters. The molecule has 140 valence electrons. The van der Waals surface area contributed by atoms with Gasteiger partial charge in [-0.25, -0.2) is 9.59 Å². The summed E-state index contributed by atoms with van der Waals surface area (Å²) in [6.07, 6.45) is 10.4. The van der Waals surface area contributed by atoms with Crippen LogP contribution in [-0.4, -0.2) is 22.2 Å². The quantitative estimate of drug-likeness (QED) is 0.327. The fourth-order valence-electron chi connectivity index (χ4n) is 2.31. The molecule has 0 fully saturated rings. The summed E-state index contributed by atoms with van der Waals surface area (Å²) in [6.45, 7) is 13.4. The van der Waals surface area contributed by atoms with E-state index in [4.69, 9.17) is 10.2 Å². The summed E-state index contributed by atoms with van der Waals surface area (Å²) >= 11 is 0. The normalized spacial score (nSPS) is 11.1. The van der Waals surface area contributed by atoms with E-state index in [9.17, 15) is 9.59 Å². The molecule has 0 rings (SSSR count). The third kappa shape index (κ3) is 14.0. The minimum Gasteiger partial charge on any atom is -0.478 e. The molecule has 0 saturated carbocycles. The molecule has 1 unspecified atom stereocenters. The Kier molecular flexibility index (Phi) is 16.7. The first-order valence-corrected chi connectivity index (χ1v) is 9.14. The molecule has 0 aliphatic rings. The van der Waals surface area contributed by atoms with Crippen LogP contribution < -0.4 is 0 Å². The van der Waals surface area contributed by atoms with Gasteiger partial charge in [-0.3, -0.25) is 0 Å².